The minimum Gasteiger partial charge on any atom is -0.493 e. The summed E-state index contributed by atoms with van der Waals surface area (Å²) in [5.41, 5.74) is 0.827. The van der Waals surface area contributed by atoms with Crippen molar-refractivity contribution in [2.75, 3.05) is 25.0 Å². The fourth-order valence-electron chi connectivity index (χ4n) is 3.48. The number of hydrogen-bond acceptors (Lipinski definition) is 10. The molecule has 0 aliphatic heterocycles. The lowest BCUT2D eigenvalue weighted by molar-refractivity contribution is 0.192. The Bertz CT molecular complexity index is 1540. The molecule has 0 bridgehead atoms. The molecule has 2 aromatic heterocycles. The highest BCUT2D eigenvalue weighted by Gasteiger charge is 2.26. The molecule has 4 aromatic rings. The van der Waals surface area contributed by atoms with Gasteiger partial charge in [-0.15, -0.1) is 13.2 Å². The molecule has 0 radical (unpaired) electrons. The van der Waals surface area contributed by atoms with Gasteiger partial charge in [-0.25, -0.2) is 23.4 Å². The van der Waals surface area contributed by atoms with Crippen molar-refractivity contribution >= 4 is 15.8 Å². The Morgan fingerprint density at radius 3 is 2.05 bits per heavy atom. The van der Waals surface area contributed by atoms with Crippen LogP contribution in [0.3, 0.4) is 0 Å². The van der Waals surface area contributed by atoms with Gasteiger partial charge in [0.1, 0.15) is 6.61 Å². The predicted molar refractivity (Wildman–Crippen MR) is 167 cm³/mol. The normalized spacial score (nSPS) is 10.8. The quantitative estimate of drug-likeness (QED) is 0.204. The van der Waals surface area contributed by atoms with Crippen molar-refractivity contribution in [3.05, 3.63) is 85.7 Å². The summed E-state index contributed by atoms with van der Waals surface area (Å²) in [7, 11) is -2.66. The smallest absolute Gasteiger partial charge is 0.263 e. The van der Waals surface area contributed by atoms with Crippen LogP contribution < -0.4 is 18.9 Å². The number of ether oxygens (including phenoxy) is 3. The van der Waals surface area contributed by atoms with Gasteiger partial charge in [-0.1, -0.05) is 58.9 Å². The van der Waals surface area contributed by atoms with Gasteiger partial charge in [-0.2, -0.15) is 4.98 Å². The number of para-hydroxylation sites is 2. The Morgan fingerprint density at radius 2 is 1.49 bits per heavy atom. The lowest BCUT2D eigenvalue weighted by Crippen LogP contribution is -2.17. The number of anilines is 1. The van der Waals surface area contributed by atoms with Crippen LogP contribution in [0.25, 0.3) is 11.6 Å². The minimum atomic E-state index is -4.14. The zero-order chi connectivity index (χ0) is 32.0. The van der Waals surface area contributed by atoms with Gasteiger partial charge in [-0.3, -0.25) is 4.72 Å². The first-order valence-electron chi connectivity index (χ1n) is 13.5. The molecule has 0 atom stereocenters. The van der Waals surface area contributed by atoms with Crippen LogP contribution >= 0.6 is 0 Å². The third-order valence-corrected chi connectivity index (χ3v) is 6.83. The number of nitrogens with one attached hydrogen (secondary N) is 1. The fraction of sp³-hybridized carbons (Fsp3) is 0.290. The van der Waals surface area contributed by atoms with Crippen LogP contribution in [-0.2, 0) is 15.4 Å². The second-order valence-electron chi connectivity index (χ2n) is 9.31. The van der Waals surface area contributed by atoms with Gasteiger partial charge in [-0.05, 0) is 41.3 Å². The third kappa shape index (κ3) is 9.22. The summed E-state index contributed by atoms with van der Waals surface area (Å²) in [5, 5.41) is 9.40. The number of aliphatic hydroxyl groups excluding tert-OH is 1. The van der Waals surface area contributed by atoms with E-state index in [1.807, 2.05) is 34.6 Å². The van der Waals surface area contributed by atoms with Crippen LogP contribution in [0, 0.1) is 0 Å². The number of benzene rings is 2. The number of nitrogens with zero attached hydrogens (tertiary/aromatic N) is 4. The number of hydrogen-bond donors (Lipinski definition) is 2. The van der Waals surface area contributed by atoms with Crippen LogP contribution in [0.2, 0.25) is 0 Å². The van der Waals surface area contributed by atoms with E-state index in [-0.39, 0.29) is 58.4 Å². The molecule has 2 N–H and O–H groups in total. The Kier molecular flexibility index (Phi) is 13.0. The molecule has 11 nitrogen and oxygen atoms in total. The summed E-state index contributed by atoms with van der Waals surface area (Å²) in [6.07, 6.45) is 3.00. The molecule has 0 saturated heterocycles. The Hall–Kier alpha value is -4.55. The zero-order valence-electron chi connectivity index (χ0n) is 25.4. The number of aliphatic hydroxyl groups is 1. The van der Waals surface area contributed by atoms with Gasteiger partial charge < -0.3 is 19.3 Å². The SMILES string of the molecule is C=C.CC.COc1ccccc1Oc1c(NS(=O)(=O)c2ccc(C(C)(C)C)cc2)nc(-c2ncccn2)nc1OCCO. The average Bonchev–Trinajstić information content (AvgIpc) is 3.03. The summed E-state index contributed by atoms with van der Waals surface area (Å²) >= 11 is 0. The molecule has 2 heterocycles. The highest BCUT2D eigenvalue weighted by atomic mass is 32.2. The van der Waals surface area contributed by atoms with Gasteiger partial charge in [0.2, 0.25) is 11.6 Å². The molecule has 12 heteroatoms. The van der Waals surface area contributed by atoms with Crippen LogP contribution in [0.5, 0.6) is 23.1 Å². The molecular weight excluding hydrogens is 570 g/mol. The van der Waals surface area contributed by atoms with E-state index < -0.39 is 10.0 Å². The molecule has 43 heavy (non-hydrogen) atoms. The lowest BCUT2D eigenvalue weighted by Gasteiger charge is -2.20. The average molecular weight is 610 g/mol. The number of sulfonamides is 1. The maximum atomic E-state index is 13.5. The first-order chi connectivity index (χ1) is 20.6. The monoisotopic (exact) mass is 609 g/mol. The molecule has 0 aliphatic carbocycles. The predicted octanol–water partition coefficient (Wildman–Crippen LogP) is 6.03. The first-order valence-corrected chi connectivity index (χ1v) is 15.0. The Morgan fingerprint density at radius 1 is 0.884 bits per heavy atom. The second-order valence-corrected chi connectivity index (χ2v) is 11.0. The van der Waals surface area contributed by atoms with Gasteiger partial charge in [0, 0.05) is 12.4 Å². The minimum absolute atomic E-state index is 0.0169. The van der Waals surface area contributed by atoms with Crippen LogP contribution in [0.1, 0.15) is 40.2 Å². The first kappa shape index (κ1) is 34.7. The van der Waals surface area contributed by atoms with Gasteiger partial charge in [0.25, 0.3) is 15.9 Å². The van der Waals surface area contributed by atoms with E-state index in [1.165, 1.54) is 31.6 Å². The lowest BCUT2D eigenvalue weighted by atomic mass is 9.87. The van der Waals surface area contributed by atoms with E-state index >= 15 is 0 Å². The third-order valence-electron chi connectivity index (χ3n) is 5.47. The van der Waals surface area contributed by atoms with Gasteiger partial charge >= 0.3 is 0 Å². The maximum Gasteiger partial charge on any atom is 0.263 e. The standard InChI is InChI=1S/C27H29N5O6S.C2H6.C2H4/c1-27(2,3)18-10-12-19(13-11-18)39(34,35)32-23-22(38-21-9-6-5-8-20(21)36-4)26(37-17-16-33)31-25(30-23)24-28-14-7-15-29-24;2*1-2/h5-15,33H,16-17H2,1-4H3,(H,30,31,32);1-2H3;1-2H2. The molecule has 230 valence electrons. The highest BCUT2D eigenvalue weighted by molar-refractivity contribution is 7.92. The molecule has 4 rings (SSSR count). The van der Waals surface area contributed by atoms with E-state index in [0.717, 1.165) is 5.56 Å². The summed E-state index contributed by atoms with van der Waals surface area (Å²) in [6, 6.07) is 15.0. The van der Waals surface area contributed by atoms with Crippen LogP contribution in [-0.4, -0.2) is 53.8 Å². The van der Waals surface area contributed by atoms with E-state index in [1.54, 1.807) is 42.5 Å². The number of methoxy groups -OCH3 is 1. The van der Waals surface area contributed by atoms with Crippen molar-refractivity contribution in [1.29, 1.82) is 0 Å². The Balaban J connectivity index is 0.00000155. The zero-order valence-corrected chi connectivity index (χ0v) is 26.2. The van der Waals surface area contributed by atoms with Crippen molar-refractivity contribution in [3.63, 3.8) is 0 Å². The summed E-state index contributed by atoms with van der Waals surface area (Å²) in [4.78, 5) is 17.1. The second kappa shape index (κ2) is 16.2. The summed E-state index contributed by atoms with van der Waals surface area (Å²) in [5.74, 6) is 0.271. The van der Waals surface area contributed by atoms with Gasteiger partial charge in [0.15, 0.2) is 23.1 Å². The topological polar surface area (TPSA) is 146 Å². The van der Waals surface area contributed by atoms with Crippen molar-refractivity contribution in [2.45, 2.75) is 44.9 Å². The molecule has 0 aliphatic rings. The van der Waals surface area contributed by atoms with Crippen LogP contribution in [0.15, 0.2) is 85.0 Å². The molecule has 0 fully saturated rings. The molecule has 0 amide bonds. The largest absolute Gasteiger partial charge is 0.493 e. The molecular formula is C31H39N5O6S. The number of aromatic nitrogens is 4. The van der Waals surface area contributed by atoms with Crippen molar-refractivity contribution in [3.8, 4) is 34.8 Å². The van der Waals surface area contributed by atoms with Gasteiger partial charge in [0.05, 0.1) is 18.6 Å². The van der Waals surface area contributed by atoms with Crippen LogP contribution in [0.4, 0.5) is 5.82 Å². The molecule has 0 unspecified atom stereocenters. The van der Waals surface area contributed by atoms with E-state index in [2.05, 4.69) is 37.8 Å². The Labute approximate surface area is 253 Å². The number of rotatable bonds is 10. The van der Waals surface area contributed by atoms with Crippen molar-refractivity contribution in [2.24, 2.45) is 0 Å². The molecule has 2 aromatic carbocycles. The van der Waals surface area contributed by atoms with Crippen molar-refractivity contribution < 1.29 is 27.7 Å². The van der Waals surface area contributed by atoms with E-state index in [9.17, 15) is 13.5 Å². The van der Waals surface area contributed by atoms with Crippen molar-refractivity contribution in [1.82, 2.24) is 19.9 Å². The summed E-state index contributed by atoms with van der Waals surface area (Å²) in [6.45, 7) is 15.7. The van der Waals surface area contributed by atoms with E-state index in [0.29, 0.717) is 5.75 Å². The molecule has 0 saturated carbocycles. The summed E-state index contributed by atoms with van der Waals surface area (Å²) < 4.78 is 46.6. The maximum absolute atomic E-state index is 13.5. The fourth-order valence-corrected chi connectivity index (χ4v) is 4.48. The van der Waals surface area contributed by atoms with E-state index in [4.69, 9.17) is 14.2 Å². The molecule has 0 spiro atoms. The highest BCUT2D eigenvalue weighted by Crippen LogP contribution is 2.41.